The molecule has 1 atom stereocenters. The van der Waals surface area contributed by atoms with Crippen LogP contribution in [0, 0.1) is 0 Å². The summed E-state index contributed by atoms with van der Waals surface area (Å²) in [6.07, 6.45) is 2.78. The van der Waals surface area contributed by atoms with Crippen LogP contribution in [0.2, 0.25) is 0 Å². The first-order valence-corrected chi connectivity index (χ1v) is 4.17. The summed E-state index contributed by atoms with van der Waals surface area (Å²) in [4.78, 5) is 10.8. The van der Waals surface area contributed by atoms with Gasteiger partial charge in [-0.1, -0.05) is 20.3 Å². The third-order valence-electron chi connectivity index (χ3n) is 2.25. The number of nitrogens with one attached hydrogen (secondary N) is 1. The molecule has 0 saturated carbocycles. The van der Waals surface area contributed by atoms with Gasteiger partial charge in [-0.05, 0) is 12.8 Å². The van der Waals surface area contributed by atoms with E-state index in [0.717, 1.165) is 19.3 Å². The average Bonchev–Trinajstić information content (AvgIpc) is 2.34. The molecule has 0 aromatic rings. The first-order valence-electron chi connectivity index (χ1n) is 4.17. The first kappa shape index (κ1) is 8.37. The Morgan fingerprint density at radius 2 is 2.36 bits per heavy atom. The van der Waals surface area contributed by atoms with Gasteiger partial charge in [0.15, 0.2) is 0 Å². The molecule has 1 aliphatic rings. The van der Waals surface area contributed by atoms with E-state index in [0.29, 0.717) is 6.61 Å². The molecule has 1 heterocycles. The summed E-state index contributed by atoms with van der Waals surface area (Å²) in [7, 11) is 0. The monoisotopic (exact) mass is 157 g/mol. The number of hydrogen-bond donors (Lipinski definition) is 1. The second-order valence-electron chi connectivity index (χ2n) is 3.09. The van der Waals surface area contributed by atoms with Crippen molar-refractivity contribution < 1.29 is 9.53 Å². The largest absolute Gasteiger partial charge is 0.447 e. The van der Waals surface area contributed by atoms with E-state index in [1.807, 2.05) is 0 Å². The van der Waals surface area contributed by atoms with E-state index in [4.69, 9.17) is 4.74 Å². The number of hydrogen-bond acceptors (Lipinski definition) is 2. The predicted octanol–water partition coefficient (Wildman–Crippen LogP) is 1.68. The fourth-order valence-electron chi connectivity index (χ4n) is 1.47. The van der Waals surface area contributed by atoms with Crippen LogP contribution >= 0.6 is 0 Å². The van der Waals surface area contributed by atoms with Crippen LogP contribution in [0.1, 0.15) is 33.1 Å². The van der Waals surface area contributed by atoms with Crippen LogP contribution < -0.4 is 5.32 Å². The predicted molar refractivity (Wildman–Crippen MR) is 42.4 cm³/mol. The zero-order valence-electron chi connectivity index (χ0n) is 7.14. The maximum absolute atomic E-state index is 10.8. The van der Waals surface area contributed by atoms with Crippen molar-refractivity contribution >= 4 is 6.09 Å². The molecule has 0 bridgehead atoms. The van der Waals surface area contributed by atoms with Crippen LogP contribution in [0.4, 0.5) is 4.79 Å². The van der Waals surface area contributed by atoms with Crippen molar-refractivity contribution in [3.05, 3.63) is 0 Å². The lowest BCUT2D eigenvalue weighted by Crippen LogP contribution is -2.42. The van der Waals surface area contributed by atoms with Gasteiger partial charge >= 0.3 is 6.09 Å². The van der Waals surface area contributed by atoms with Crippen molar-refractivity contribution in [1.29, 1.82) is 0 Å². The summed E-state index contributed by atoms with van der Waals surface area (Å²) in [5, 5.41) is 2.86. The quantitative estimate of drug-likeness (QED) is 0.676. The van der Waals surface area contributed by atoms with E-state index in [2.05, 4.69) is 19.2 Å². The first-order chi connectivity index (χ1) is 5.22. The minimum absolute atomic E-state index is 0.0637. The van der Waals surface area contributed by atoms with Gasteiger partial charge in [-0.15, -0.1) is 0 Å². The van der Waals surface area contributed by atoms with Gasteiger partial charge in [0.25, 0.3) is 0 Å². The third kappa shape index (κ3) is 1.64. The molecule has 1 N–H and O–H groups in total. The highest BCUT2D eigenvalue weighted by atomic mass is 16.6. The van der Waals surface area contributed by atoms with Gasteiger partial charge in [0.05, 0.1) is 5.54 Å². The highest BCUT2D eigenvalue weighted by Gasteiger charge is 2.36. The van der Waals surface area contributed by atoms with Crippen molar-refractivity contribution in [2.45, 2.75) is 38.6 Å². The minimum atomic E-state index is -0.264. The lowest BCUT2D eigenvalue weighted by molar-refractivity contribution is 0.170. The van der Waals surface area contributed by atoms with Gasteiger partial charge in [0.1, 0.15) is 6.61 Å². The van der Waals surface area contributed by atoms with Crippen LogP contribution in [-0.2, 0) is 4.74 Å². The molecule has 0 aromatic heterocycles. The Hall–Kier alpha value is -0.730. The van der Waals surface area contributed by atoms with Crippen LogP contribution in [0.25, 0.3) is 0 Å². The van der Waals surface area contributed by atoms with Gasteiger partial charge in [-0.2, -0.15) is 0 Å². The lowest BCUT2D eigenvalue weighted by atomic mass is 9.93. The fraction of sp³-hybridized carbons (Fsp3) is 0.875. The molecular weight excluding hydrogens is 142 g/mol. The van der Waals surface area contributed by atoms with Gasteiger partial charge in [0.2, 0.25) is 0 Å². The van der Waals surface area contributed by atoms with E-state index in [1.54, 1.807) is 0 Å². The Balaban J connectivity index is 2.54. The molecule has 1 amide bonds. The highest BCUT2D eigenvalue weighted by molar-refractivity contribution is 5.70. The van der Waals surface area contributed by atoms with E-state index >= 15 is 0 Å². The standard InChI is InChI=1S/C8H15NO2/c1-3-5-8(4-2)6-11-7(10)9-8/h3-6H2,1-2H3,(H,9,10). The second-order valence-corrected chi connectivity index (χ2v) is 3.09. The number of carbonyl (C=O) groups excluding carboxylic acids is 1. The molecule has 1 fully saturated rings. The third-order valence-corrected chi connectivity index (χ3v) is 2.25. The molecule has 1 unspecified atom stereocenters. The van der Waals surface area contributed by atoms with Gasteiger partial charge in [0, 0.05) is 0 Å². The molecular formula is C8H15NO2. The Morgan fingerprint density at radius 1 is 1.64 bits per heavy atom. The molecule has 11 heavy (non-hydrogen) atoms. The molecule has 1 rings (SSSR count). The lowest BCUT2D eigenvalue weighted by Gasteiger charge is -2.23. The topological polar surface area (TPSA) is 38.3 Å². The van der Waals surface area contributed by atoms with Crippen molar-refractivity contribution in [2.24, 2.45) is 0 Å². The van der Waals surface area contributed by atoms with Crippen molar-refractivity contribution in [1.82, 2.24) is 5.32 Å². The molecule has 0 spiro atoms. The molecule has 3 heteroatoms. The summed E-state index contributed by atoms with van der Waals surface area (Å²) < 4.78 is 4.86. The van der Waals surface area contributed by atoms with Gasteiger partial charge in [-0.3, -0.25) is 0 Å². The highest BCUT2D eigenvalue weighted by Crippen LogP contribution is 2.22. The SMILES string of the molecule is CCCC1(CC)COC(=O)N1. The summed E-state index contributed by atoms with van der Waals surface area (Å²) in [6.45, 7) is 4.72. The van der Waals surface area contributed by atoms with Crippen LogP contribution in [0.15, 0.2) is 0 Å². The van der Waals surface area contributed by atoms with Crippen LogP contribution in [-0.4, -0.2) is 18.2 Å². The zero-order valence-corrected chi connectivity index (χ0v) is 7.14. The Kier molecular flexibility index (Phi) is 2.37. The van der Waals surface area contributed by atoms with Crippen molar-refractivity contribution in [2.75, 3.05) is 6.61 Å². The summed E-state index contributed by atoms with van der Waals surface area (Å²) in [5.41, 5.74) is -0.0637. The van der Waals surface area contributed by atoms with E-state index in [9.17, 15) is 4.79 Å². The molecule has 0 radical (unpaired) electrons. The molecule has 1 saturated heterocycles. The zero-order chi connectivity index (χ0) is 8.32. The van der Waals surface area contributed by atoms with Gasteiger partial charge < -0.3 is 10.1 Å². The maximum Gasteiger partial charge on any atom is 0.407 e. The molecule has 0 aliphatic carbocycles. The normalized spacial score (nSPS) is 29.8. The van der Waals surface area contributed by atoms with Gasteiger partial charge in [-0.25, -0.2) is 4.79 Å². The minimum Gasteiger partial charge on any atom is -0.447 e. The molecule has 3 nitrogen and oxygen atoms in total. The van der Waals surface area contributed by atoms with Crippen LogP contribution in [0.3, 0.4) is 0 Å². The number of cyclic esters (lactones) is 1. The molecule has 64 valence electrons. The van der Waals surface area contributed by atoms with E-state index < -0.39 is 0 Å². The smallest absolute Gasteiger partial charge is 0.407 e. The number of rotatable bonds is 3. The Bertz CT molecular complexity index is 158. The number of carbonyl (C=O) groups is 1. The number of amides is 1. The summed E-state index contributed by atoms with van der Waals surface area (Å²) in [6, 6.07) is 0. The second kappa shape index (κ2) is 3.11. The molecule has 0 aromatic carbocycles. The van der Waals surface area contributed by atoms with Crippen molar-refractivity contribution in [3.8, 4) is 0 Å². The Morgan fingerprint density at radius 3 is 2.73 bits per heavy atom. The summed E-state index contributed by atoms with van der Waals surface area (Å²) in [5.74, 6) is 0. The molecule has 1 aliphatic heterocycles. The average molecular weight is 157 g/mol. The number of alkyl carbamates (subject to hydrolysis) is 1. The Labute approximate surface area is 67.1 Å². The maximum atomic E-state index is 10.8. The number of ether oxygens (including phenoxy) is 1. The van der Waals surface area contributed by atoms with E-state index in [-0.39, 0.29) is 11.6 Å². The fourth-order valence-corrected chi connectivity index (χ4v) is 1.47. The van der Waals surface area contributed by atoms with E-state index in [1.165, 1.54) is 0 Å². The summed E-state index contributed by atoms with van der Waals surface area (Å²) >= 11 is 0. The van der Waals surface area contributed by atoms with Crippen LogP contribution in [0.5, 0.6) is 0 Å². The van der Waals surface area contributed by atoms with Crippen molar-refractivity contribution in [3.63, 3.8) is 0 Å².